The summed E-state index contributed by atoms with van der Waals surface area (Å²) >= 11 is 0. The number of carbonyl (C=O) groups excluding carboxylic acids is 2. The molecule has 10 heteroatoms. The van der Waals surface area contributed by atoms with E-state index in [2.05, 4.69) is 4.90 Å². The minimum Gasteiger partial charge on any atom is -0.465 e. The highest BCUT2D eigenvalue weighted by atomic mass is 16.6. The second kappa shape index (κ2) is 9.65. The summed E-state index contributed by atoms with van der Waals surface area (Å²) < 4.78 is 9.80. The number of benzene rings is 1. The van der Waals surface area contributed by atoms with Crippen LogP contribution in [0.15, 0.2) is 47.8 Å². The van der Waals surface area contributed by atoms with Crippen molar-refractivity contribution in [3.05, 3.63) is 63.5 Å². The van der Waals surface area contributed by atoms with E-state index in [1.807, 2.05) is 11.9 Å². The number of carbonyl (C=O) groups is 2. The van der Waals surface area contributed by atoms with E-state index in [4.69, 9.17) is 9.47 Å². The van der Waals surface area contributed by atoms with Crippen molar-refractivity contribution >= 4 is 29.0 Å². The minimum absolute atomic E-state index is 0.00970. The minimum atomic E-state index is -0.736. The summed E-state index contributed by atoms with van der Waals surface area (Å²) in [4.78, 5) is 42.2. The second-order valence-corrected chi connectivity index (χ2v) is 7.49. The maximum absolute atomic E-state index is 12.7. The van der Waals surface area contributed by atoms with Gasteiger partial charge in [-0.15, -0.1) is 0 Å². The molecule has 0 aliphatic carbocycles. The van der Waals surface area contributed by atoms with Crippen LogP contribution < -0.4 is 9.80 Å². The van der Waals surface area contributed by atoms with E-state index in [1.54, 1.807) is 31.3 Å². The van der Waals surface area contributed by atoms with Gasteiger partial charge in [0, 0.05) is 38.4 Å². The van der Waals surface area contributed by atoms with Crippen LogP contribution >= 0.6 is 0 Å². The van der Waals surface area contributed by atoms with Gasteiger partial charge in [0.25, 0.3) is 5.69 Å². The molecule has 1 saturated heterocycles. The highest BCUT2D eigenvalue weighted by Crippen LogP contribution is 2.38. The molecule has 2 aliphatic rings. The van der Waals surface area contributed by atoms with Crippen LogP contribution in [0.3, 0.4) is 0 Å². The molecule has 10 nitrogen and oxygen atoms in total. The van der Waals surface area contributed by atoms with Gasteiger partial charge in [0.05, 0.1) is 30.4 Å². The molecule has 0 N–H and O–H groups in total. The van der Waals surface area contributed by atoms with Crippen molar-refractivity contribution in [3.8, 4) is 0 Å². The summed E-state index contributed by atoms with van der Waals surface area (Å²) in [5, 5.41) is 11.8. The van der Waals surface area contributed by atoms with Gasteiger partial charge in [-0.2, -0.15) is 0 Å². The second-order valence-electron chi connectivity index (χ2n) is 7.49. The molecule has 0 spiro atoms. The monoisotopic (exact) mass is 442 g/mol. The van der Waals surface area contributed by atoms with Crippen molar-refractivity contribution in [2.75, 3.05) is 57.2 Å². The number of methoxy groups -OCH3 is 2. The van der Waals surface area contributed by atoms with Gasteiger partial charge in [-0.05, 0) is 37.8 Å². The lowest BCUT2D eigenvalue weighted by molar-refractivity contribution is -0.384. The van der Waals surface area contributed by atoms with E-state index < -0.39 is 16.9 Å². The summed E-state index contributed by atoms with van der Waals surface area (Å²) in [7, 11) is 4.45. The Labute approximate surface area is 186 Å². The maximum atomic E-state index is 12.7. The fourth-order valence-electron chi connectivity index (χ4n) is 3.73. The molecule has 0 aromatic heterocycles. The number of esters is 2. The fourth-order valence-corrected chi connectivity index (χ4v) is 3.73. The lowest BCUT2D eigenvalue weighted by Gasteiger charge is -2.34. The van der Waals surface area contributed by atoms with Crippen LogP contribution in [0.1, 0.15) is 5.56 Å². The Morgan fingerprint density at radius 1 is 1.00 bits per heavy atom. The first-order chi connectivity index (χ1) is 15.3. The van der Waals surface area contributed by atoms with Crippen molar-refractivity contribution in [2.45, 2.75) is 6.92 Å². The first-order valence-electron chi connectivity index (χ1n) is 10.1. The summed E-state index contributed by atoms with van der Waals surface area (Å²) in [6.07, 6.45) is 6.35. The van der Waals surface area contributed by atoms with Crippen molar-refractivity contribution in [3.63, 3.8) is 0 Å². The van der Waals surface area contributed by atoms with E-state index in [1.165, 1.54) is 31.3 Å². The average molecular weight is 442 g/mol. The molecule has 2 aliphatic heterocycles. The molecule has 2 heterocycles. The van der Waals surface area contributed by atoms with Gasteiger partial charge in [0.15, 0.2) is 0 Å². The van der Waals surface area contributed by atoms with E-state index in [-0.39, 0.29) is 17.0 Å². The zero-order chi connectivity index (χ0) is 23.4. The number of rotatable bonds is 5. The van der Waals surface area contributed by atoms with Crippen LogP contribution in [0.25, 0.3) is 0 Å². The van der Waals surface area contributed by atoms with E-state index >= 15 is 0 Å². The lowest BCUT2D eigenvalue weighted by Crippen LogP contribution is -2.44. The van der Waals surface area contributed by atoms with Crippen molar-refractivity contribution in [2.24, 2.45) is 0 Å². The van der Waals surface area contributed by atoms with Crippen LogP contribution in [0.4, 0.5) is 17.1 Å². The van der Waals surface area contributed by atoms with E-state index in [9.17, 15) is 19.7 Å². The van der Waals surface area contributed by atoms with Gasteiger partial charge in [0.1, 0.15) is 11.4 Å². The molecule has 3 rings (SSSR count). The first-order valence-corrected chi connectivity index (χ1v) is 10.1. The smallest absolute Gasteiger partial charge is 0.355 e. The molecule has 0 radical (unpaired) electrons. The Bertz CT molecular complexity index is 1020. The maximum Gasteiger partial charge on any atom is 0.355 e. The van der Waals surface area contributed by atoms with Gasteiger partial charge in [-0.25, -0.2) is 9.59 Å². The Morgan fingerprint density at radius 2 is 1.66 bits per heavy atom. The van der Waals surface area contributed by atoms with Crippen molar-refractivity contribution in [1.82, 2.24) is 4.90 Å². The third kappa shape index (κ3) is 4.50. The number of likely N-dealkylation sites (N-methyl/N-ethyl adjacent to an activating group) is 1. The van der Waals surface area contributed by atoms with E-state index in [0.717, 1.165) is 13.1 Å². The lowest BCUT2D eigenvalue weighted by atomic mass is 10.1. The molecule has 1 aromatic carbocycles. The number of aryl methyl sites for hydroxylation is 1. The van der Waals surface area contributed by atoms with Gasteiger partial charge in [-0.1, -0.05) is 6.08 Å². The summed E-state index contributed by atoms with van der Waals surface area (Å²) in [6.45, 7) is 4.52. The van der Waals surface area contributed by atoms with Crippen LogP contribution in [0.2, 0.25) is 0 Å². The molecule has 1 aromatic rings. The number of hydrogen-bond acceptors (Lipinski definition) is 9. The molecule has 0 amide bonds. The number of hydrogen-bond donors (Lipinski definition) is 0. The van der Waals surface area contributed by atoms with Crippen LogP contribution in [0.5, 0.6) is 0 Å². The molecule has 170 valence electrons. The van der Waals surface area contributed by atoms with Gasteiger partial charge < -0.3 is 24.2 Å². The normalized spacial score (nSPS) is 16.8. The fraction of sp³-hybridized carbons (Fsp3) is 0.364. The predicted octanol–water partition coefficient (Wildman–Crippen LogP) is 2.15. The van der Waals surface area contributed by atoms with Crippen molar-refractivity contribution in [1.29, 1.82) is 0 Å². The molecule has 0 atom stereocenters. The van der Waals surface area contributed by atoms with Crippen LogP contribution in [-0.2, 0) is 19.1 Å². The summed E-state index contributed by atoms with van der Waals surface area (Å²) in [5.74, 6) is -1.44. The number of nitro groups is 1. The number of anilines is 2. The zero-order valence-electron chi connectivity index (χ0n) is 18.5. The van der Waals surface area contributed by atoms with Gasteiger partial charge >= 0.3 is 11.9 Å². The van der Waals surface area contributed by atoms with Crippen molar-refractivity contribution < 1.29 is 24.0 Å². The van der Waals surface area contributed by atoms with E-state index in [0.29, 0.717) is 30.0 Å². The third-order valence-electron chi connectivity index (χ3n) is 5.48. The van der Waals surface area contributed by atoms with Gasteiger partial charge in [-0.3, -0.25) is 10.1 Å². The van der Waals surface area contributed by atoms with Crippen LogP contribution in [0, 0.1) is 17.0 Å². The molecule has 1 fully saturated rings. The highest BCUT2D eigenvalue weighted by molar-refractivity contribution is 6.05. The Kier molecular flexibility index (Phi) is 6.94. The molecule has 0 saturated carbocycles. The molecule has 0 bridgehead atoms. The standard InChI is InChI=1S/C22H26N4O6/c1-15-13-19(26(29)30)18(24-11-9-23(2)10-12-24)14-17(15)25-8-6-5-7-16(21(27)31-3)20(25)22(28)32-4/h5-8,13-14H,9-12H2,1-4H3. The first kappa shape index (κ1) is 23.0. The SMILES string of the molecule is COC(=O)C1=C(C(=O)OC)N(c2cc(N3CCN(C)CC3)c([N+](=O)[O-])cc2C)C=CC=C1. The number of nitro benzene ring substituents is 1. The Hall–Kier alpha value is -3.66. The topological polar surface area (TPSA) is 105 Å². The molecular weight excluding hydrogens is 416 g/mol. The summed E-state index contributed by atoms with van der Waals surface area (Å²) in [6, 6.07) is 3.17. The number of allylic oxidation sites excluding steroid dienone is 2. The van der Waals surface area contributed by atoms with Gasteiger partial charge in [0.2, 0.25) is 0 Å². The quantitative estimate of drug-likeness (QED) is 0.385. The highest BCUT2D eigenvalue weighted by Gasteiger charge is 2.31. The van der Waals surface area contributed by atoms with Crippen LogP contribution in [-0.4, -0.2) is 69.2 Å². The number of nitrogens with zero attached hydrogens (tertiary/aromatic N) is 4. The Morgan fingerprint density at radius 3 is 2.25 bits per heavy atom. The molecule has 32 heavy (non-hydrogen) atoms. The average Bonchev–Trinajstić information content (AvgIpc) is 3.01. The predicted molar refractivity (Wildman–Crippen MR) is 119 cm³/mol. The summed E-state index contributed by atoms with van der Waals surface area (Å²) in [5.41, 5.74) is 1.51. The molecule has 0 unspecified atom stereocenters. The zero-order valence-corrected chi connectivity index (χ0v) is 18.5. The Balaban J connectivity index is 2.20. The number of ether oxygens (including phenoxy) is 2. The number of piperazine rings is 1. The third-order valence-corrected chi connectivity index (χ3v) is 5.48. The molecular formula is C22H26N4O6. The largest absolute Gasteiger partial charge is 0.465 e.